The second-order valence-electron chi connectivity index (χ2n) is 4.39. The number of aldehydes is 1. The number of carbonyl (C=O) groups is 1. The van der Waals surface area contributed by atoms with Crippen LogP contribution in [-0.4, -0.2) is 24.8 Å². The molecule has 2 fully saturated rings. The van der Waals surface area contributed by atoms with Crippen molar-refractivity contribution in [2.45, 2.75) is 38.6 Å². The maximum absolute atomic E-state index is 10.3. The van der Waals surface area contributed by atoms with E-state index < -0.39 is 5.79 Å². The number of rotatable bonds is 2. The molecule has 0 aromatic carbocycles. The van der Waals surface area contributed by atoms with E-state index in [9.17, 15) is 4.79 Å². The molecular weight excluding hydrogens is 180 g/mol. The first kappa shape index (κ1) is 9.87. The first-order valence-corrected chi connectivity index (χ1v) is 5.08. The second-order valence-corrected chi connectivity index (χ2v) is 4.39. The van der Waals surface area contributed by atoms with Crippen molar-refractivity contribution in [1.82, 2.24) is 0 Å². The van der Waals surface area contributed by atoms with Gasteiger partial charge in [0.25, 0.3) is 0 Å². The highest BCUT2D eigenvalue weighted by atomic mass is 16.7. The maximum Gasteiger partial charge on any atom is 0.163 e. The molecule has 0 aromatic rings. The normalized spacial score (nSPS) is 38.3. The maximum atomic E-state index is 10.3. The highest BCUT2D eigenvalue weighted by molar-refractivity contribution is 5.66. The van der Waals surface area contributed by atoms with Crippen LogP contribution in [0.15, 0.2) is 11.6 Å². The van der Waals surface area contributed by atoms with E-state index in [1.54, 1.807) is 6.08 Å². The lowest BCUT2D eigenvalue weighted by Gasteiger charge is -2.33. The number of allylic oxidation sites excluding steroid dienone is 1. The Kier molecular flexibility index (Phi) is 2.45. The quantitative estimate of drug-likeness (QED) is 0.498. The van der Waals surface area contributed by atoms with Gasteiger partial charge in [-0.1, -0.05) is 5.57 Å². The zero-order valence-electron chi connectivity index (χ0n) is 8.66. The average molecular weight is 196 g/mol. The van der Waals surface area contributed by atoms with Crippen molar-refractivity contribution in [3.8, 4) is 0 Å². The number of hydrogen-bond acceptors (Lipinski definition) is 3. The second kappa shape index (κ2) is 3.48. The lowest BCUT2D eigenvalue weighted by Crippen LogP contribution is -2.33. The molecule has 0 N–H and O–H groups in total. The summed E-state index contributed by atoms with van der Waals surface area (Å²) in [6.45, 7) is 4.50. The monoisotopic (exact) mass is 196 g/mol. The van der Waals surface area contributed by atoms with Crippen molar-refractivity contribution in [3.63, 3.8) is 0 Å². The lowest BCUT2D eigenvalue weighted by atomic mass is 9.76. The van der Waals surface area contributed by atoms with Gasteiger partial charge in [-0.2, -0.15) is 0 Å². The molecule has 2 rings (SSSR count). The van der Waals surface area contributed by atoms with Crippen LogP contribution in [0.1, 0.15) is 26.7 Å². The molecule has 1 aliphatic carbocycles. The van der Waals surface area contributed by atoms with E-state index >= 15 is 0 Å². The molecule has 3 nitrogen and oxygen atoms in total. The standard InChI is InChI=1S/C11H16O3/c1-11(2)13-7-10(14-11)9-4-3-8(9)5-6-12/h5-6,9-10H,3-4,7H2,1-2H3/b8-5+/t9-,10+/m0/s1. The molecule has 0 unspecified atom stereocenters. The Labute approximate surface area is 84.1 Å². The first-order valence-electron chi connectivity index (χ1n) is 5.08. The fourth-order valence-corrected chi connectivity index (χ4v) is 2.11. The van der Waals surface area contributed by atoms with Gasteiger partial charge in [-0.15, -0.1) is 0 Å². The first-order chi connectivity index (χ1) is 6.62. The molecule has 1 saturated carbocycles. The Morgan fingerprint density at radius 2 is 2.29 bits per heavy atom. The van der Waals surface area contributed by atoms with Crippen LogP contribution in [0.3, 0.4) is 0 Å². The molecule has 1 heterocycles. The van der Waals surface area contributed by atoms with E-state index in [-0.39, 0.29) is 6.10 Å². The van der Waals surface area contributed by atoms with Crippen LogP contribution in [0.4, 0.5) is 0 Å². The fraction of sp³-hybridized carbons (Fsp3) is 0.727. The average Bonchev–Trinajstić information content (AvgIpc) is 2.40. The van der Waals surface area contributed by atoms with E-state index in [0.717, 1.165) is 19.1 Å². The van der Waals surface area contributed by atoms with Crippen LogP contribution >= 0.6 is 0 Å². The highest BCUT2D eigenvalue weighted by Gasteiger charge is 2.41. The summed E-state index contributed by atoms with van der Waals surface area (Å²) in [6, 6.07) is 0. The van der Waals surface area contributed by atoms with Crippen LogP contribution in [0.2, 0.25) is 0 Å². The van der Waals surface area contributed by atoms with Gasteiger partial charge in [-0.3, -0.25) is 4.79 Å². The van der Waals surface area contributed by atoms with Crippen molar-refractivity contribution in [2.24, 2.45) is 5.92 Å². The van der Waals surface area contributed by atoms with Crippen molar-refractivity contribution in [1.29, 1.82) is 0 Å². The predicted octanol–water partition coefficient (Wildman–Crippen LogP) is 1.67. The summed E-state index contributed by atoms with van der Waals surface area (Å²) in [6.07, 6.45) is 4.82. The topological polar surface area (TPSA) is 35.5 Å². The highest BCUT2D eigenvalue weighted by Crippen LogP contribution is 2.41. The summed E-state index contributed by atoms with van der Waals surface area (Å²) in [5, 5.41) is 0. The van der Waals surface area contributed by atoms with Gasteiger partial charge in [0.05, 0.1) is 12.7 Å². The van der Waals surface area contributed by atoms with E-state index in [1.165, 1.54) is 5.57 Å². The minimum atomic E-state index is -0.452. The smallest absolute Gasteiger partial charge is 0.163 e. The van der Waals surface area contributed by atoms with Gasteiger partial charge >= 0.3 is 0 Å². The molecule has 0 spiro atoms. The van der Waals surface area contributed by atoms with Gasteiger partial charge in [0.2, 0.25) is 0 Å². The summed E-state index contributed by atoms with van der Waals surface area (Å²) < 4.78 is 11.2. The summed E-state index contributed by atoms with van der Waals surface area (Å²) >= 11 is 0. The van der Waals surface area contributed by atoms with Crippen molar-refractivity contribution >= 4 is 6.29 Å². The summed E-state index contributed by atoms with van der Waals surface area (Å²) in [4.78, 5) is 10.3. The van der Waals surface area contributed by atoms with Gasteiger partial charge in [0.15, 0.2) is 5.79 Å². The van der Waals surface area contributed by atoms with Gasteiger partial charge in [0.1, 0.15) is 6.29 Å². The molecule has 78 valence electrons. The molecule has 1 aliphatic heterocycles. The van der Waals surface area contributed by atoms with Crippen molar-refractivity contribution in [2.75, 3.05) is 6.61 Å². The predicted molar refractivity (Wildman–Crippen MR) is 51.8 cm³/mol. The number of carbonyl (C=O) groups excluding carboxylic acids is 1. The van der Waals surface area contributed by atoms with Crippen LogP contribution in [0, 0.1) is 5.92 Å². The summed E-state index contributed by atoms with van der Waals surface area (Å²) in [7, 11) is 0. The Morgan fingerprint density at radius 1 is 1.50 bits per heavy atom. The van der Waals surface area contributed by atoms with Crippen molar-refractivity contribution < 1.29 is 14.3 Å². The van der Waals surface area contributed by atoms with Gasteiger partial charge in [-0.25, -0.2) is 0 Å². The van der Waals surface area contributed by atoms with E-state index in [4.69, 9.17) is 9.47 Å². The molecule has 0 amide bonds. The Morgan fingerprint density at radius 3 is 2.71 bits per heavy atom. The van der Waals surface area contributed by atoms with Crippen LogP contribution in [0.25, 0.3) is 0 Å². The number of ether oxygens (including phenoxy) is 2. The van der Waals surface area contributed by atoms with E-state index in [0.29, 0.717) is 12.5 Å². The lowest BCUT2D eigenvalue weighted by molar-refractivity contribution is -0.144. The van der Waals surface area contributed by atoms with Crippen LogP contribution in [0.5, 0.6) is 0 Å². The third-order valence-corrected chi connectivity index (χ3v) is 2.98. The molecule has 1 saturated heterocycles. The molecule has 0 radical (unpaired) electrons. The zero-order valence-corrected chi connectivity index (χ0v) is 8.66. The Balaban J connectivity index is 1.98. The molecule has 3 heteroatoms. The minimum absolute atomic E-state index is 0.143. The molecular formula is C11H16O3. The zero-order chi connectivity index (χ0) is 10.2. The minimum Gasteiger partial charge on any atom is -0.348 e. The summed E-state index contributed by atoms with van der Waals surface area (Å²) in [5.41, 5.74) is 1.21. The van der Waals surface area contributed by atoms with Crippen LogP contribution < -0.4 is 0 Å². The van der Waals surface area contributed by atoms with E-state index in [2.05, 4.69) is 0 Å². The molecule has 0 aromatic heterocycles. The summed E-state index contributed by atoms with van der Waals surface area (Å²) in [5.74, 6) is -0.0472. The molecule has 2 atom stereocenters. The Hall–Kier alpha value is -0.670. The molecule has 14 heavy (non-hydrogen) atoms. The Bertz CT molecular complexity index is 268. The van der Waals surface area contributed by atoms with Crippen molar-refractivity contribution in [3.05, 3.63) is 11.6 Å². The van der Waals surface area contributed by atoms with Gasteiger partial charge in [0, 0.05) is 5.92 Å². The van der Waals surface area contributed by atoms with Gasteiger partial charge < -0.3 is 9.47 Å². The SMILES string of the molecule is CC1(C)OC[C@H]([C@H]2CC/C2=C\C=O)O1. The third kappa shape index (κ3) is 1.74. The molecule has 0 bridgehead atoms. The van der Waals surface area contributed by atoms with E-state index in [1.807, 2.05) is 13.8 Å². The van der Waals surface area contributed by atoms with Gasteiger partial charge in [-0.05, 0) is 32.8 Å². The third-order valence-electron chi connectivity index (χ3n) is 2.98. The molecule has 2 aliphatic rings. The largest absolute Gasteiger partial charge is 0.348 e. The number of hydrogen-bond donors (Lipinski definition) is 0. The fourth-order valence-electron chi connectivity index (χ4n) is 2.11. The van der Waals surface area contributed by atoms with Crippen LogP contribution in [-0.2, 0) is 14.3 Å².